The van der Waals surface area contributed by atoms with Crippen LogP contribution in [-0.4, -0.2) is 57.6 Å². The van der Waals surface area contributed by atoms with Crippen molar-refractivity contribution in [2.75, 3.05) is 17.6 Å². The lowest BCUT2D eigenvalue weighted by molar-refractivity contribution is -0.118. The topological polar surface area (TPSA) is 166 Å². The molecular weight excluding hydrogens is 446 g/mol. The Balaban J connectivity index is 1.50. The first kappa shape index (κ1) is 23.1. The van der Waals surface area contributed by atoms with Gasteiger partial charge in [0, 0.05) is 0 Å². The molecule has 1 aliphatic heterocycles. The molecule has 2 aliphatic rings. The van der Waals surface area contributed by atoms with Crippen molar-refractivity contribution in [3.8, 4) is 11.6 Å². The SMILES string of the molecule is CC(C)S(=O)(=O)C1C=CC(c2cnc(N)c(-c3nnc(NC(=O)[C@@H]4CCCCN4)o3)n2)=CC1. The molecule has 2 atom stereocenters. The molecule has 1 fully saturated rings. The molecule has 2 aromatic heterocycles. The molecule has 4 N–H and O–H groups in total. The number of hydrogen-bond acceptors (Lipinski definition) is 10. The summed E-state index contributed by atoms with van der Waals surface area (Å²) in [5.74, 6) is -0.120. The van der Waals surface area contributed by atoms with Crippen molar-refractivity contribution in [1.29, 1.82) is 0 Å². The van der Waals surface area contributed by atoms with E-state index in [1.165, 1.54) is 6.20 Å². The quantitative estimate of drug-likeness (QED) is 0.562. The second-order valence-electron chi connectivity index (χ2n) is 8.32. The van der Waals surface area contributed by atoms with E-state index in [1.807, 2.05) is 6.08 Å². The van der Waals surface area contributed by atoms with Crippen LogP contribution in [0.5, 0.6) is 0 Å². The molecule has 176 valence electrons. The van der Waals surface area contributed by atoms with E-state index in [9.17, 15) is 13.2 Å². The summed E-state index contributed by atoms with van der Waals surface area (Å²) in [5.41, 5.74) is 7.37. The standard InChI is InChI=1S/C21H27N7O4S/c1-12(2)33(30,31)14-8-6-13(7-9-14)16-11-24-18(22)17(25-16)20-27-28-21(32-20)26-19(29)15-5-3-4-10-23-15/h6-8,11-12,14-15,23H,3-5,9-10H2,1-2H3,(H2,22,24)(H,26,28,29)/t14?,15-/m0/s1. The zero-order valence-corrected chi connectivity index (χ0v) is 19.3. The second-order valence-corrected chi connectivity index (χ2v) is 11.1. The normalized spacial score (nSPS) is 21.1. The Morgan fingerprint density at radius 3 is 2.79 bits per heavy atom. The fraction of sp³-hybridized carbons (Fsp3) is 0.476. The molecule has 1 amide bonds. The molecule has 1 unspecified atom stereocenters. The average molecular weight is 474 g/mol. The van der Waals surface area contributed by atoms with Crippen molar-refractivity contribution in [1.82, 2.24) is 25.5 Å². The molecule has 11 nitrogen and oxygen atoms in total. The number of nitrogens with one attached hydrogen (secondary N) is 2. The predicted octanol–water partition coefficient (Wildman–Crippen LogP) is 1.72. The summed E-state index contributed by atoms with van der Waals surface area (Å²) in [6.07, 6.45) is 9.81. The molecule has 33 heavy (non-hydrogen) atoms. The van der Waals surface area contributed by atoms with Crippen LogP contribution in [0.2, 0.25) is 0 Å². The Bertz CT molecular complexity index is 1200. The van der Waals surface area contributed by atoms with Crippen LogP contribution in [0.15, 0.2) is 28.8 Å². The number of carbonyl (C=O) groups excluding carboxylic acids is 1. The summed E-state index contributed by atoms with van der Waals surface area (Å²) in [6.45, 7) is 4.14. The summed E-state index contributed by atoms with van der Waals surface area (Å²) in [4.78, 5) is 21.0. The summed E-state index contributed by atoms with van der Waals surface area (Å²) < 4.78 is 30.4. The van der Waals surface area contributed by atoms with Gasteiger partial charge >= 0.3 is 6.01 Å². The zero-order valence-electron chi connectivity index (χ0n) is 18.5. The van der Waals surface area contributed by atoms with Gasteiger partial charge in [0.15, 0.2) is 21.3 Å². The fourth-order valence-electron chi connectivity index (χ4n) is 3.72. The number of rotatable bonds is 6. The number of nitrogens with zero attached hydrogens (tertiary/aromatic N) is 4. The summed E-state index contributed by atoms with van der Waals surface area (Å²) in [7, 11) is -3.24. The second kappa shape index (κ2) is 9.40. The van der Waals surface area contributed by atoms with E-state index in [4.69, 9.17) is 10.2 Å². The highest BCUT2D eigenvalue weighted by Gasteiger charge is 2.28. The zero-order chi connectivity index (χ0) is 23.6. The Morgan fingerprint density at radius 2 is 2.12 bits per heavy atom. The van der Waals surface area contributed by atoms with Crippen molar-refractivity contribution < 1.29 is 17.6 Å². The molecule has 0 radical (unpaired) electrons. The number of aromatic nitrogens is 4. The maximum atomic E-state index is 12.4. The minimum atomic E-state index is -3.24. The van der Waals surface area contributed by atoms with E-state index in [0.29, 0.717) is 12.1 Å². The number of nitrogens with two attached hydrogens (primary N) is 1. The molecule has 2 aromatic rings. The van der Waals surface area contributed by atoms with E-state index in [1.54, 1.807) is 26.0 Å². The summed E-state index contributed by atoms with van der Waals surface area (Å²) in [5, 5.41) is 12.6. The van der Waals surface area contributed by atoms with Crippen LogP contribution >= 0.6 is 0 Å². The average Bonchev–Trinajstić information content (AvgIpc) is 3.28. The van der Waals surface area contributed by atoms with Crippen molar-refractivity contribution in [2.24, 2.45) is 0 Å². The van der Waals surface area contributed by atoms with Crippen molar-refractivity contribution in [3.63, 3.8) is 0 Å². The van der Waals surface area contributed by atoms with E-state index in [-0.39, 0.29) is 35.4 Å². The van der Waals surface area contributed by atoms with Crippen LogP contribution in [0.3, 0.4) is 0 Å². The number of nitrogen functional groups attached to an aromatic ring is 1. The van der Waals surface area contributed by atoms with Crippen LogP contribution < -0.4 is 16.4 Å². The van der Waals surface area contributed by atoms with Crippen molar-refractivity contribution in [2.45, 2.75) is 56.1 Å². The Hall–Kier alpha value is -3.12. The maximum Gasteiger partial charge on any atom is 0.322 e. The van der Waals surface area contributed by atoms with Crippen LogP contribution in [0.4, 0.5) is 11.8 Å². The molecule has 1 saturated heterocycles. The van der Waals surface area contributed by atoms with Crippen LogP contribution in [0.1, 0.15) is 45.2 Å². The minimum absolute atomic E-state index is 0.0226. The number of allylic oxidation sites excluding steroid dienone is 3. The Labute approximate surface area is 191 Å². The number of hydrogen-bond donors (Lipinski definition) is 3. The van der Waals surface area contributed by atoms with Gasteiger partial charge in [-0.2, -0.15) is 0 Å². The van der Waals surface area contributed by atoms with Crippen LogP contribution in [0.25, 0.3) is 17.2 Å². The highest BCUT2D eigenvalue weighted by atomic mass is 32.2. The van der Waals surface area contributed by atoms with Crippen molar-refractivity contribution in [3.05, 3.63) is 30.1 Å². The predicted molar refractivity (Wildman–Crippen MR) is 124 cm³/mol. The van der Waals surface area contributed by atoms with Gasteiger partial charge in [-0.3, -0.25) is 10.1 Å². The van der Waals surface area contributed by atoms with E-state index < -0.39 is 20.3 Å². The minimum Gasteiger partial charge on any atom is -0.401 e. The lowest BCUT2D eigenvalue weighted by Crippen LogP contribution is -2.43. The summed E-state index contributed by atoms with van der Waals surface area (Å²) >= 11 is 0. The molecule has 0 bridgehead atoms. The first-order valence-corrected chi connectivity index (χ1v) is 12.5. The fourth-order valence-corrected chi connectivity index (χ4v) is 5.08. The lowest BCUT2D eigenvalue weighted by Gasteiger charge is -2.21. The highest BCUT2D eigenvalue weighted by Crippen LogP contribution is 2.28. The van der Waals surface area contributed by atoms with E-state index in [2.05, 4.69) is 30.8 Å². The number of carbonyl (C=O) groups is 1. The highest BCUT2D eigenvalue weighted by molar-refractivity contribution is 7.92. The van der Waals surface area contributed by atoms with Gasteiger partial charge < -0.3 is 15.5 Å². The van der Waals surface area contributed by atoms with Gasteiger partial charge in [0.1, 0.15) is 0 Å². The third-order valence-corrected chi connectivity index (χ3v) is 8.23. The third-order valence-electron chi connectivity index (χ3n) is 5.72. The summed E-state index contributed by atoms with van der Waals surface area (Å²) in [6, 6.07) is -0.344. The Kier molecular flexibility index (Phi) is 6.56. The van der Waals surface area contributed by atoms with Crippen LogP contribution in [-0.2, 0) is 14.6 Å². The molecule has 1 aliphatic carbocycles. The molecule has 3 heterocycles. The van der Waals surface area contributed by atoms with Gasteiger partial charge in [0.2, 0.25) is 5.91 Å². The Morgan fingerprint density at radius 1 is 1.30 bits per heavy atom. The van der Waals surface area contributed by atoms with Gasteiger partial charge in [-0.25, -0.2) is 18.4 Å². The first-order chi connectivity index (χ1) is 15.8. The van der Waals surface area contributed by atoms with Gasteiger partial charge in [0.25, 0.3) is 5.89 Å². The molecule has 0 spiro atoms. The monoisotopic (exact) mass is 473 g/mol. The first-order valence-electron chi connectivity index (χ1n) is 10.9. The number of sulfone groups is 1. The lowest BCUT2D eigenvalue weighted by atomic mass is 10.0. The van der Waals surface area contributed by atoms with Gasteiger partial charge in [-0.15, -0.1) is 5.10 Å². The smallest absolute Gasteiger partial charge is 0.322 e. The molecular formula is C21H27N7O4S. The molecule has 12 heteroatoms. The number of anilines is 2. The molecule has 4 rings (SSSR count). The van der Waals surface area contributed by atoms with Gasteiger partial charge in [-0.1, -0.05) is 29.7 Å². The molecule has 0 saturated carbocycles. The largest absolute Gasteiger partial charge is 0.401 e. The number of piperidine rings is 1. The van der Waals surface area contributed by atoms with E-state index >= 15 is 0 Å². The van der Waals surface area contributed by atoms with Crippen LogP contribution in [0, 0.1) is 0 Å². The molecule has 0 aromatic carbocycles. The maximum absolute atomic E-state index is 12.4. The number of amides is 1. The van der Waals surface area contributed by atoms with Crippen molar-refractivity contribution >= 4 is 33.2 Å². The van der Waals surface area contributed by atoms with Gasteiger partial charge in [-0.05, 0) is 45.2 Å². The van der Waals surface area contributed by atoms with E-state index in [0.717, 1.165) is 31.4 Å². The third kappa shape index (κ3) is 4.96. The van der Waals surface area contributed by atoms with Gasteiger partial charge in [0.05, 0.1) is 28.4 Å².